The molecule has 0 saturated heterocycles. The molecular formula is C16H15FN2O3S. The molecule has 0 amide bonds. The van der Waals surface area contributed by atoms with Crippen LogP contribution in [0.5, 0.6) is 5.75 Å². The molecule has 0 atom stereocenters. The zero-order valence-electron chi connectivity index (χ0n) is 12.4. The maximum absolute atomic E-state index is 13.0. The lowest BCUT2D eigenvalue weighted by Crippen LogP contribution is -2.24. The minimum Gasteiger partial charge on any atom is -0.479 e. The van der Waals surface area contributed by atoms with E-state index in [1.807, 2.05) is 13.0 Å². The van der Waals surface area contributed by atoms with E-state index in [1.165, 1.54) is 18.2 Å². The van der Waals surface area contributed by atoms with Gasteiger partial charge in [0.2, 0.25) is 10.0 Å². The fourth-order valence-corrected chi connectivity index (χ4v) is 2.58. The molecule has 23 heavy (non-hydrogen) atoms. The lowest BCUT2D eigenvalue weighted by Gasteiger charge is -2.03. The van der Waals surface area contributed by atoms with Crippen molar-refractivity contribution >= 4 is 10.0 Å². The summed E-state index contributed by atoms with van der Waals surface area (Å²) in [6.45, 7) is 1.90. The van der Waals surface area contributed by atoms with Gasteiger partial charge in [0.25, 0.3) is 0 Å². The Balaban J connectivity index is 1.82. The fraction of sp³-hybridized carbons (Fsp3) is 0.188. The summed E-state index contributed by atoms with van der Waals surface area (Å²) in [5.41, 5.74) is 0.884. The third-order valence-corrected chi connectivity index (χ3v) is 4.18. The minimum atomic E-state index is -3.77. The first-order chi connectivity index (χ1) is 11.0. The van der Waals surface area contributed by atoms with Crippen molar-refractivity contribution in [3.8, 4) is 17.6 Å². The second kappa shape index (κ2) is 7.72. The molecule has 1 heterocycles. The van der Waals surface area contributed by atoms with Crippen LogP contribution in [0.3, 0.4) is 0 Å². The molecule has 2 aromatic rings. The Kier molecular flexibility index (Phi) is 5.68. The summed E-state index contributed by atoms with van der Waals surface area (Å²) in [4.78, 5) is 3.93. The molecule has 5 nitrogen and oxygen atoms in total. The van der Waals surface area contributed by atoms with E-state index in [2.05, 4.69) is 21.5 Å². The van der Waals surface area contributed by atoms with Crippen molar-refractivity contribution in [2.24, 2.45) is 0 Å². The number of hydrogen-bond acceptors (Lipinski definition) is 4. The quantitative estimate of drug-likeness (QED) is 0.848. The van der Waals surface area contributed by atoms with Gasteiger partial charge in [-0.1, -0.05) is 17.9 Å². The Morgan fingerprint density at radius 1 is 1.26 bits per heavy atom. The lowest BCUT2D eigenvalue weighted by atomic mass is 10.4. The van der Waals surface area contributed by atoms with Gasteiger partial charge in [-0.15, -0.1) is 0 Å². The predicted octanol–water partition coefficient (Wildman–Crippen LogP) is 1.89. The topological polar surface area (TPSA) is 68.3 Å². The molecule has 1 aromatic carbocycles. The smallest absolute Gasteiger partial charge is 0.241 e. The summed E-state index contributed by atoms with van der Waals surface area (Å²) in [5.74, 6) is 5.29. The number of nitrogens with zero attached hydrogens (tertiary/aromatic N) is 1. The van der Waals surface area contributed by atoms with Crippen molar-refractivity contribution in [3.63, 3.8) is 0 Å². The van der Waals surface area contributed by atoms with Crippen molar-refractivity contribution in [1.82, 2.24) is 9.71 Å². The summed E-state index contributed by atoms with van der Waals surface area (Å²) in [5, 5.41) is 0. The molecule has 2 rings (SSSR count). The number of aryl methyl sites for hydroxylation is 1. The molecule has 0 aliphatic rings. The van der Waals surface area contributed by atoms with Crippen molar-refractivity contribution in [2.45, 2.75) is 11.8 Å². The first-order valence-corrected chi connectivity index (χ1v) is 8.22. The molecule has 0 aliphatic heterocycles. The summed E-state index contributed by atoms with van der Waals surface area (Å²) in [6.07, 6.45) is 1.59. The molecule has 0 fully saturated rings. The van der Waals surface area contributed by atoms with Crippen LogP contribution in [0.1, 0.15) is 5.69 Å². The van der Waals surface area contributed by atoms with Crippen LogP contribution >= 0.6 is 0 Å². The van der Waals surface area contributed by atoms with E-state index in [1.54, 1.807) is 12.3 Å². The maximum Gasteiger partial charge on any atom is 0.241 e. The van der Waals surface area contributed by atoms with Crippen molar-refractivity contribution < 1.29 is 17.5 Å². The molecular weight excluding hydrogens is 319 g/mol. The van der Waals surface area contributed by atoms with Crippen molar-refractivity contribution in [1.29, 1.82) is 0 Å². The number of rotatable bonds is 5. The highest BCUT2D eigenvalue weighted by atomic mass is 32.2. The fourth-order valence-electron chi connectivity index (χ4n) is 1.62. The van der Waals surface area contributed by atoms with Gasteiger partial charge >= 0.3 is 0 Å². The molecule has 0 bridgehead atoms. The molecule has 0 saturated carbocycles. The van der Waals surface area contributed by atoms with Crippen molar-refractivity contribution in [3.05, 3.63) is 54.1 Å². The number of ether oxygens (including phenoxy) is 1. The number of benzene rings is 1. The second-order valence-corrected chi connectivity index (χ2v) is 6.33. The number of pyridine rings is 1. The van der Waals surface area contributed by atoms with E-state index < -0.39 is 15.8 Å². The van der Waals surface area contributed by atoms with Gasteiger partial charge in [0, 0.05) is 5.69 Å². The lowest BCUT2D eigenvalue weighted by molar-refractivity contribution is 0.368. The van der Waals surface area contributed by atoms with Gasteiger partial charge < -0.3 is 4.74 Å². The average molecular weight is 334 g/mol. The van der Waals surface area contributed by atoms with Crippen molar-refractivity contribution in [2.75, 3.05) is 13.2 Å². The van der Waals surface area contributed by atoms with Crippen LogP contribution in [-0.2, 0) is 10.0 Å². The van der Waals surface area contributed by atoms with E-state index in [0.717, 1.165) is 11.8 Å². The Bertz CT molecular complexity index is 824. The van der Waals surface area contributed by atoms with Gasteiger partial charge in [-0.25, -0.2) is 12.8 Å². The van der Waals surface area contributed by atoms with Crippen LogP contribution in [0.15, 0.2) is 47.5 Å². The van der Waals surface area contributed by atoms with Crippen LogP contribution in [-0.4, -0.2) is 26.6 Å². The number of nitrogens with one attached hydrogen (secondary N) is 1. The third-order valence-electron chi connectivity index (χ3n) is 2.78. The molecule has 120 valence electrons. The largest absolute Gasteiger partial charge is 0.479 e. The van der Waals surface area contributed by atoms with Crippen LogP contribution < -0.4 is 9.46 Å². The van der Waals surface area contributed by atoms with Gasteiger partial charge in [-0.3, -0.25) is 4.98 Å². The third kappa shape index (κ3) is 5.36. The normalized spacial score (nSPS) is 10.7. The zero-order chi connectivity index (χ0) is 16.7. The molecule has 0 radical (unpaired) electrons. The molecule has 1 N–H and O–H groups in total. The predicted molar refractivity (Wildman–Crippen MR) is 83.8 cm³/mol. The summed E-state index contributed by atoms with van der Waals surface area (Å²) < 4.78 is 44.4. The van der Waals surface area contributed by atoms with Crippen LogP contribution in [0.4, 0.5) is 4.39 Å². The standard InChI is InChI=1S/C16H15FN2O3S/c1-13-7-8-15(12-18-13)22-10-3-2-9-19-23(20,21)16-6-4-5-14(17)11-16/h4-8,11-12,19H,9-10H2,1H3. The number of halogens is 1. The summed E-state index contributed by atoms with van der Waals surface area (Å²) in [6, 6.07) is 8.36. The van der Waals surface area contributed by atoms with Gasteiger partial charge in [0.1, 0.15) is 18.2 Å². The highest BCUT2D eigenvalue weighted by Gasteiger charge is 2.12. The highest BCUT2D eigenvalue weighted by Crippen LogP contribution is 2.10. The first-order valence-electron chi connectivity index (χ1n) is 6.74. The first kappa shape index (κ1) is 16.9. The maximum atomic E-state index is 13.0. The molecule has 0 spiro atoms. The number of hydrogen-bond donors (Lipinski definition) is 1. The SMILES string of the molecule is Cc1ccc(OCC#CCNS(=O)(=O)c2cccc(F)c2)cn1. The van der Waals surface area contributed by atoms with E-state index in [-0.39, 0.29) is 18.0 Å². The zero-order valence-corrected chi connectivity index (χ0v) is 13.2. The van der Waals surface area contributed by atoms with Gasteiger partial charge in [-0.05, 0) is 37.3 Å². The van der Waals surface area contributed by atoms with E-state index in [4.69, 9.17) is 4.74 Å². The van der Waals surface area contributed by atoms with E-state index >= 15 is 0 Å². The summed E-state index contributed by atoms with van der Waals surface area (Å²) >= 11 is 0. The van der Waals surface area contributed by atoms with Crippen LogP contribution in [0.2, 0.25) is 0 Å². The van der Waals surface area contributed by atoms with Crippen LogP contribution in [0, 0.1) is 24.6 Å². The van der Waals surface area contributed by atoms with Crippen LogP contribution in [0.25, 0.3) is 0 Å². The second-order valence-electron chi connectivity index (χ2n) is 4.56. The Hall–Kier alpha value is -2.43. The summed E-state index contributed by atoms with van der Waals surface area (Å²) in [7, 11) is -3.77. The number of aromatic nitrogens is 1. The average Bonchev–Trinajstić information content (AvgIpc) is 2.52. The van der Waals surface area contributed by atoms with E-state index in [9.17, 15) is 12.8 Å². The highest BCUT2D eigenvalue weighted by molar-refractivity contribution is 7.89. The van der Waals surface area contributed by atoms with Gasteiger partial charge in [-0.2, -0.15) is 4.72 Å². The Morgan fingerprint density at radius 3 is 2.78 bits per heavy atom. The molecule has 7 heteroatoms. The monoisotopic (exact) mass is 334 g/mol. The molecule has 1 aromatic heterocycles. The number of sulfonamides is 1. The van der Waals surface area contributed by atoms with Gasteiger partial charge in [0.15, 0.2) is 0 Å². The van der Waals surface area contributed by atoms with E-state index in [0.29, 0.717) is 5.75 Å². The molecule has 0 unspecified atom stereocenters. The van der Waals surface area contributed by atoms with Gasteiger partial charge in [0.05, 0.1) is 17.6 Å². The minimum absolute atomic E-state index is 0.0889. The molecule has 0 aliphatic carbocycles. The Morgan fingerprint density at radius 2 is 2.09 bits per heavy atom. The Labute approximate surface area is 134 Å².